The van der Waals surface area contributed by atoms with Gasteiger partial charge < -0.3 is 9.73 Å². The van der Waals surface area contributed by atoms with E-state index in [0.29, 0.717) is 17.5 Å². The highest BCUT2D eigenvalue weighted by molar-refractivity contribution is 7.99. The molecule has 0 saturated heterocycles. The molecule has 0 fully saturated rings. The highest BCUT2D eigenvalue weighted by Crippen LogP contribution is 2.35. The Balaban J connectivity index is 1.46. The molecule has 0 bridgehead atoms. The Hall–Kier alpha value is -2.84. The van der Waals surface area contributed by atoms with E-state index in [2.05, 4.69) is 12.2 Å². The van der Waals surface area contributed by atoms with E-state index in [0.717, 1.165) is 59.1 Å². The first-order valence-electron chi connectivity index (χ1n) is 11.2. The van der Waals surface area contributed by atoms with E-state index in [1.165, 1.54) is 16.6 Å². The van der Waals surface area contributed by atoms with Gasteiger partial charge in [-0.1, -0.05) is 36.9 Å². The number of fused-ring (bicyclic) bond motifs is 3. The van der Waals surface area contributed by atoms with Crippen molar-refractivity contribution >= 4 is 44.9 Å². The number of furan rings is 1. The molecule has 0 atom stereocenters. The van der Waals surface area contributed by atoms with Crippen LogP contribution in [0.1, 0.15) is 41.5 Å². The van der Waals surface area contributed by atoms with Gasteiger partial charge >= 0.3 is 0 Å². The van der Waals surface area contributed by atoms with E-state index >= 15 is 0 Å². The average molecular weight is 480 g/mol. The summed E-state index contributed by atoms with van der Waals surface area (Å²) in [7, 11) is 0. The molecule has 33 heavy (non-hydrogen) atoms. The fourth-order valence-corrected chi connectivity index (χ4v) is 6.40. The standard InChI is InChI=1S/C25H25N3O3S2/c1-2-16-8-3-5-11-19(16)26-21(29)15-32-25-27-23-22(18-10-4-6-12-20(18)33-23)24(30)28(25)14-17-9-7-13-31-17/h3,5,7-9,11,13H,2,4,6,10,12,14-15H2,1H3,(H,26,29). The number of rotatable bonds is 7. The lowest BCUT2D eigenvalue weighted by atomic mass is 9.97. The van der Waals surface area contributed by atoms with Crippen molar-refractivity contribution < 1.29 is 9.21 Å². The zero-order valence-electron chi connectivity index (χ0n) is 18.4. The normalized spacial score (nSPS) is 13.2. The van der Waals surface area contributed by atoms with Gasteiger partial charge in [0.2, 0.25) is 5.91 Å². The summed E-state index contributed by atoms with van der Waals surface area (Å²) in [5.41, 5.74) is 3.04. The van der Waals surface area contributed by atoms with Crippen LogP contribution in [0.25, 0.3) is 10.2 Å². The third-order valence-electron chi connectivity index (χ3n) is 5.94. The van der Waals surface area contributed by atoms with Crippen molar-refractivity contribution in [2.24, 2.45) is 0 Å². The molecule has 1 amide bonds. The fraction of sp³-hybridized carbons (Fsp3) is 0.320. The minimum Gasteiger partial charge on any atom is -0.467 e. The van der Waals surface area contributed by atoms with Gasteiger partial charge in [-0.3, -0.25) is 14.2 Å². The zero-order valence-corrected chi connectivity index (χ0v) is 20.1. The minimum atomic E-state index is -0.120. The topological polar surface area (TPSA) is 77.1 Å². The number of thioether (sulfide) groups is 1. The van der Waals surface area contributed by atoms with Crippen molar-refractivity contribution in [3.63, 3.8) is 0 Å². The van der Waals surface area contributed by atoms with Crippen LogP contribution in [0.15, 0.2) is 57.0 Å². The van der Waals surface area contributed by atoms with Gasteiger partial charge in [-0.2, -0.15) is 0 Å². The first-order chi connectivity index (χ1) is 16.1. The maximum atomic E-state index is 13.6. The number of anilines is 1. The summed E-state index contributed by atoms with van der Waals surface area (Å²) in [6.07, 6.45) is 6.64. The molecule has 3 heterocycles. The average Bonchev–Trinajstić information content (AvgIpc) is 3.47. The fourth-order valence-electron chi connectivity index (χ4n) is 4.29. The lowest BCUT2D eigenvalue weighted by Crippen LogP contribution is -2.25. The lowest BCUT2D eigenvalue weighted by molar-refractivity contribution is -0.113. The molecule has 0 spiro atoms. The molecule has 1 aromatic carbocycles. The number of benzene rings is 1. The van der Waals surface area contributed by atoms with Gasteiger partial charge in [-0.25, -0.2) is 4.98 Å². The monoisotopic (exact) mass is 479 g/mol. The summed E-state index contributed by atoms with van der Waals surface area (Å²) >= 11 is 2.91. The van der Waals surface area contributed by atoms with E-state index < -0.39 is 0 Å². The molecule has 170 valence electrons. The van der Waals surface area contributed by atoms with Crippen LogP contribution in [0.3, 0.4) is 0 Å². The van der Waals surface area contributed by atoms with Gasteiger partial charge in [0.25, 0.3) is 5.56 Å². The molecule has 8 heteroatoms. The molecular weight excluding hydrogens is 454 g/mol. The number of hydrogen-bond donors (Lipinski definition) is 1. The number of aromatic nitrogens is 2. The molecule has 5 rings (SSSR count). The zero-order chi connectivity index (χ0) is 22.8. The quantitative estimate of drug-likeness (QED) is 0.289. The Morgan fingerprint density at radius 3 is 2.88 bits per heavy atom. The largest absolute Gasteiger partial charge is 0.467 e. The summed E-state index contributed by atoms with van der Waals surface area (Å²) in [6.45, 7) is 2.36. The number of aryl methyl sites for hydroxylation is 3. The maximum Gasteiger partial charge on any atom is 0.263 e. The molecule has 1 aliphatic carbocycles. The molecule has 4 aromatic rings. The number of nitrogens with one attached hydrogen (secondary N) is 1. The summed E-state index contributed by atoms with van der Waals surface area (Å²) in [6, 6.07) is 11.5. The van der Waals surface area contributed by atoms with Crippen molar-refractivity contribution in [3.8, 4) is 0 Å². The van der Waals surface area contributed by atoms with E-state index in [9.17, 15) is 9.59 Å². The van der Waals surface area contributed by atoms with Gasteiger partial charge in [0.15, 0.2) is 5.16 Å². The number of thiophene rings is 1. The van der Waals surface area contributed by atoms with Crippen LogP contribution in [0.2, 0.25) is 0 Å². The number of para-hydroxylation sites is 1. The number of hydrogen-bond acceptors (Lipinski definition) is 6. The second-order valence-corrected chi connectivity index (χ2v) is 10.1. The molecule has 0 unspecified atom stereocenters. The summed E-state index contributed by atoms with van der Waals surface area (Å²) < 4.78 is 7.16. The van der Waals surface area contributed by atoms with Crippen LogP contribution in [0.4, 0.5) is 5.69 Å². The SMILES string of the molecule is CCc1ccccc1NC(=O)CSc1nc2sc3c(c2c(=O)n1Cc1ccco1)CCCC3. The predicted octanol–water partition coefficient (Wildman–Crippen LogP) is 5.27. The molecule has 3 aromatic heterocycles. The number of amides is 1. The van der Waals surface area contributed by atoms with Gasteiger partial charge in [0.1, 0.15) is 10.6 Å². The van der Waals surface area contributed by atoms with Crippen molar-refractivity contribution in [3.05, 3.63) is 74.8 Å². The molecular formula is C25H25N3O3S2. The first-order valence-corrected chi connectivity index (χ1v) is 13.0. The van der Waals surface area contributed by atoms with Crippen LogP contribution in [0.5, 0.6) is 0 Å². The van der Waals surface area contributed by atoms with Crippen molar-refractivity contribution in [1.82, 2.24) is 9.55 Å². The molecule has 6 nitrogen and oxygen atoms in total. The van der Waals surface area contributed by atoms with E-state index in [1.54, 1.807) is 22.2 Å². The van der Waals surface area contributed by atoms with E-state index in [-0.39, 0.29) is 17.2 Å². The smallest absolute Gasteiger partial charge is 0.263 e. The minimum absolute atomic E-state index is 0.0463. The van der Waals surface area contributed by atoms with Crippen molar-refractivity contribution in [1.29, 1.82) is 0 Å². The summed E-state index contributed by atoms with van der Waals surface area (Å²) in [4.78, 5) is 33.2. The van der Waals surface area contributed by atoms with Crippen molar-refractivity contribution in [2.45, 2.75) is 50.7 Å². The van der Waals surface area contributed by atoms with E-state index in [4.69, 9.17) is 9.40 Å². The second-order valence-electron chi connectivity index (χ2n) is 8.10. The molecule has 0 radical (unpaired) electrons. The van der Waals surface area contributed by atoms with Gasteiger partial charge in [-0.05, 0) is 61.4 Å². The number of nitrogens with zero attached hydrogens (tertiary/aromatic N) is 2. The van der Waals surface area contributed by atoms with Gasteiger partial charge in [0.05, 0.1) is 23.9 Å². The first kappa shape index (κ1) is 22.0. The van der Waals surface area contributed by atoms with Crippen LogP contribution in [-0.2, 0) is 30.6 Å². The Kier molecular flexibility index (Phi) is 6.37. The Morgan fingerprint density at radius 1 is 1.21 bits per heavy atom. The Bertz CT molecular complexity index is 1360. The summed E-state index contributed by atoms with van der Waals surface area (Å²) in [5, 5.41) is 4.28. The van der Waals surface area contributed by atoms with Gasteiger partial charge in [-0.15, -0.1) is 11.3 Å². The third-order valence-corrected chi connectivity index (χ3v) is 8.10. The molecule has 0 saturated carbocycles. The number of carbonyl (C=O) groups is 1. The molecule has 1 aliphatic rings. The Morgan fingerprint density at radius 2 is 2.06 bits per heavy atom. The third kappa shape index (κ3) is 4.50. The summed E-state index contributed by atoms with van der Waals surface area (Å²) in [5.74, 6) is 0.731. The molecule has 1 N–H and O–H groups in total. The van der Waals surface area contributed by atoms with Crippen LogP contribution >= 0.6 is 23.1 Å². The van der Waals surface area contributed by atoms with Crippen LogP contribution < -0.4 is 10.9 Å². The highest BCUT2D eigenvalue weighted by Gasteiger charge is 2.23. The highest BCUT2D eigenvalue weighted by atomic mass is 32.2. The Labute approximate surface area is 200 Å². The lowest BCUT2D eigenvalue weighted by Gasteiger charge is -2.13. The van der Waals surface area contributed by atoms with E-state index in [1.807, 2.05) is 36.4 Å². The maximum absolute atomic E-state index is 13.6. The van der Waals surface area contributed by atoms with Gasteiger partial charge in [0, 0.05) is 10.6 Å². The van der Waals surface area contributed by atoms with Crippen molar-refractivity contribution in [2.75, 3.05) is 11.1 Å². The number of carbonyl (C=O) groups excluding carboxylic acids is 1. The predicted molar refractivity (Wildman–Crippen MR) is 134 cm³/mol. The van der Waals surface area contributed by atoms with Crippen LogP contribution in [0, 0.1) is 0 Å². The molecule has 0 aliphatic heterocycles. The van der Waals surface area contributed by atoms with Crippen LogP contribution in [-0.4, -0.2) is 21.2 Å². The second kappa shape index (κ2) is 9.57.